The van der Waals surface area contributed by atoms with E-state index in [1.54, 1.807) is 0 Å². The van der Waals surface area contributed by atoms with Crippen LogP contribution in [0.5, 0.6) is 0 Å². The Morgan fingerprint density at radius 2 is 1.90 bits per heavy atom. The van der Waals surface area contributed by atoms with Crippen LogP contribution < -0.4 is 0 Å². The molecule has 0 unspecified atom stereocenters. The smallest absolute Gasteiger partial charge is 0.0662 e. The van der Waals surface area contributed by atoms with Crippen molar-refractivity contribution in [3.8, 4) is 0 Å². The predicted octanol–water partition coefficient (Wildman–Crippen LogP) is 3.68. The molecule has 0 atom stereocenters. The van der Waals surface area contributed by atoms with Crippen molar-refractivity contribution in [1.82, 2.24) is 9.88 Å². The van der Waals surface area contributed by atoms with E-state index >= 15 is 0 Å². The van der Waals surface area contributed by atoms with Crippen LogP contribution in [0.1, 0.15) is 23.4 Å². The van der Waals surface area contributed by atoms with Crippen molar-refractivity contribution < 1.29 is 0 Å². The van der Waals surface area contributed by atoms with Gasteiger partial charge in [0.15, 0.2) is 0 Å². The molecule has 1 aromatic heterocycles. The van der Waals surface area contributed by atoms with Crippen LogP contribution in [-0.4, -0.2) is 23.0 Å². The number of rotatable bonds is 3. The number of hydrogen-bond donors (Lipinski definition) is 0. The fourth-order valence-corrected chi connectivity index (χ4v) is 2.65. The third-order valence-corrected chi connectivity index (χ3v) is 3.76. The van der Waals surface area contributed by atoms with Crippen LogP contribution in [0.2, 0.25) is 0 Å². The molecule has 2 heteroatoms. The molecule has 1 aliphatic rings. The second-order valence-corrected chi connectivity index (χ2v) is 5.36. The Kier molecular flexibility index (Phi) is 3.93. The molecule has 102 valence electrons. The molecule has 3 rings (SSSR count). The number of nitrogens with zero attached hydrogens (tertiary/aromatic N) is 2. The summed E-state index contributed by atoms with van der Waals surface area (Å²) in [5, 5.41) is 0. The van der Waals surface area contributed by atoms with Gasteiger partial charge in [-0.1, -0.05) is 42.5 Å². The molecule has 1 aliphatic heterocycles. The summed E-state index contributed by atoms with van der Waals surface area (Å²) in [6, 6.07) is 16.9. The summed E-state index contributed by atoms with van der Waals surface area (Å²) in [6.07, 6.45) is 3.41. The van der Waals surface area contributed by atoms with Gasteiger partial charge in [-0.15, -0.1) is 0 Å². The fraction of sp³-hybridized carbons (Fsp3) is 0.278. The van der Waals surface area contributed by atoms with Gasteiger partial charge in [-0.3, -0.25) is 9.88 Å². The normalized spacial score (nSPS) is 15.9. The van der Waals surface area contributed by atoms with E-state index in [2.05, 4.69) is 71.4 Å². The molecule has 2 nitrogen and oxygen atoms in total. The highest BCUT2D eigenvalue weighted by atomic mass is 15.1. The minimum atomic E-state index is 1.01. The van der Waals surface area contributed by atoms with Crippen molar-refractivity contribution in [3.05, 3.63) is 71.6 Å². The van der Waals surface area contributed by atoms with Crippen molar-refractivity contribution >= 4 is 5.57 Å². The second kappa shape index (κ2) is 6.02. The van der Waals surface area contributed by atoms with Gasteiger partial charge in [0.2, 0.25) is 0 Å². The molecule has 20 heavy (non-hydrogen) atoms. The van der Waals surface area contributed by atoms with Crippen molar-refractivity contribution in [1.29, 1.82) is 0 Å². The van der Waals surface area contributed by atoms with Crippen LogP contribution in [0, 0.1) is 6.92 Å². The molecule has 0 aliphatic carbocycles. The highest BCUT2D eigenvalue weighted by Gasteiger charge is 2.13. The lowest BCUT2D eigenvalue weighted by atomic mass is 10.0. The fourth-order valence-electron chi connectivity index (χ4n) is 2.65. The highest BCUT2D eigenvalue weighted by molar-refractivity contribution is 5.63. The molecule has 0 spiro atoms. The quantitative estimate of drug-likeness (QED) is 0.840. The molecule has 1 aromatic carbocycles. The van der Waals surface area contributed by atoms with Crippen LogP contribution in [0.4, 0.5) is 0 Å². The van der Waals surface area contributed by atoms with E-state index in [1.807, 2.05) is 0 Å². The minimum Gasteiger partial charge on any atom is -0.295 e. The molecule has 2 aromatic rings. The molecular weight excluding hydrogens is 244 g/mol. The summed E-state index contributed by atoms with van der Waals surface area (Å²) < 4.78 is 0. The second-order valence-electron chi connectivity index (χ2n) is 5.36. The standard InChI is InChI=1S/C18H20N2/c1-15-6-5-9-18(19-15)17-10-12-20(13-11-17)14-16-7-3-2-4-8-16/h2-10H,11-14H2,1H3. The number of aryl methyl sites for hydroxylation is 1. The summed E-state index contributed by atoms with van der Waals surface area (Å²) in [5.41, 5.74) is 5.01. The van der Waals surface area contributed by atoms with Gasteiger partial charge >= 0.3 is 0 Å². The Hall–Kier alpha value is -1.93. The average Bonchev–Trinajstić information content (AvgIpc) is 2.49. The van der Waals surface area contributed by atoms with Gasteiger partial charge in [0.25, 0.3) is 0 Å². The maximum atomic E-state index is 4.62. The first-order valence-electron chi connectivity index (χ1n) is 7.20. The first-order chi connectivity index (χ1) is 9.81. The lowest BCUT2D eigenvalue weighted by Crippen LogP contribution is -2.28. The molecule has 0 N–H and O–H groups in total. The zero-order valence-corrected chi connectivity index (χ0v) is 11.9. The molecule has 0 radical (unpaired) electrons. The van der Waals surface area contributed by atoms with Gasteiger partial charge in [-0.2, -0.15) is 0 Å². The van der Waals surface area contributed by atoms with E-state index in [-0.39, 0.29) is 0 Å². The number of hydrogen-bond acceptors (Lipinski definition) is 2. The van der Waals surface area contributed by atoms with Gasteiger partial charge in [-0.05, 0) is 36.6 Å². The van der Waals surface area contributed by atoms with Crippen LogP contribution in [0.3, 0.4) is 0 Å². The van der Waals surface area contributed by atoms with Crippen LogP contribution >= 0.6 is 0 Å². The molecule has 0 fully saturated rings. The molecule has 2 heterocycles. The summed E-state index contributed by atoms with van der Waals surface area (Å²) in [4.78, 5) is 7.10. The maximum absolute atomic E-state index is 4.62. The Balaban J connectivity index is 1.66. The van der Waals surface area contributed by atoms with Gasteiger partial charge in [-0.25, -0.2) is 0 Å². The topological polar surface area (TPSA) is 16.1 Å². The largest absolute Gasteiger partial charge is 0.295 e. The zero-order chi connectivity index (χ0) is 13.8. The van der Waals surface area contributed by atoms with Crippen molar-refractivity contribution in [2.24, 2.45) is 0 Å². The first kappa shape index (κ1) is 13.1. The number of benzene rings is 1. The third kappa shape index (κ3) is 3.14. The molecule has 0 amide bonds. The molecule has 0 bridgehead atoms. The first-order valence-corrected chi connectivity index (χ1v) is 7.20. The highest BCUT2D eigenvalue weighted by Crippen LogP contribution is 2.21. The number of aromatic nitrogens is 1. The molecular formula is C18H20N2. The Bertz CT molecular complexity index is 602. The number of pyridine rings is 1. The van der Waals surface area contributed by atoms with E-state index in [0.29, 0.717) is 0 Å². The third-order valence-electron chi connectivity index (χ3n) is 3.76. The Morgan fingerprint density at radius 3 is 2.60 bits per heavy atom. The van der Waals surface area contributed by atoms with E-state index in [1.165, 1.54) is 11.1 Å². The molecule has 0 saturated heterocycles. The van der Waals surface area contributed by atoms with E-state index in [4.69, 9.17) is 0 Å². The summed E-state index contributed by atoms with van der Waals surface area (Å²) >= 11 is 0. The lowest BCUT2D eigenvalue weighted by molar-refractivity contribution is 0.294. The van der Waals surface area contributed by atoms with Gasteiger partial charge in [0.05, 0.1) is 5.69 Å². The summed E-state index contributed by atoms with van der Waals surface area (Å²) in [7, 11) is 0. The Morgan fingerprint density at radius 1 is 1.05 bits per heavy atom. The summed E-state index contributed by atoms with van der Waals surface area (Å²) in [5.74, 6) is 0. The van der Waals surface area contributed by atoms with E-state index < -0.39 is 0 Å². The van der Waals surface area contributed by atoms with Crippen molar-refractivity contribution in [2.45, 2.75) is 19.9 Å². The Labute approximate surface area is 120 Å². The van der Waals surface area contributed by atoms with Crippen molar-refractivity contribution in [2.75, 3.05) is 13.1 Å². The maximum Gasteiger partial charge on any atom is 0.0662 e. The van der Waals surface area contributed by atoms with Gasteiger partial charge in [0, 0.05) is 25.3 Å². The zero-order valence-electron chi connectivity index (χ0n) is 11.9. The monoisotopic (exact) mass is 264 g/mol. The minimum absolute atomic E-state index is 1.01. The average molecular weight is 264 g/mol. The van der Waals surface area contributed by atoms with Crippen molar-refractivity contribution in [3.63, 3.8) is 0 Å². The van der Waals surface area contributed by atoms with Crippen LogP contribution in [0.25, 0.3) is 5.57 Å². The van der Waals surface area contributed by atoms with E-state index in [9.17, 15) is 0 Å². The van der Waals surface area contributed by atoms with Gasteiger partial charge in [0.1, 0.15) is 0 Å². The summed E-state index contributed by atoms with van der Waals surface area (Å²) in [6.45, 7) is 5.21. The van der Waals surface area contributed by atoms with Crippen LogP contribution in [0.15, 0.2) is 54.6 Å². The predicted molar refractivity (Wildman–Crippen MR) is 83.3 cm³/mol. The van der Waals surface area contributed by atoms with Crippen LogP contribution in [-0.2, 0) is 6.54 Å². The SMILES string of the molecule is Cc1cccc(C2=CCN(Cc3ccccc3)CC2)n1. The van der Waals surface area contributed by atoms with E-state index in [0.717, 1.165) is 37.4 Å². The van der Waals surface area contributed by atoms with Gasteiger partial charge < -0.3 is 0 Å². The molecule has 0 saturated carbocycles. The lowest BCUT2D eigenvalue weighted by Gasteiger charge is -2.26.